The Labute approximate surface area is 215 Å². The van der Waals surface area contributed by atoms with Crippen LogP contribution in [0.15, 0.2) is 76.9 Å². The number of hydrogen-bond acceptors (Lipinski definition) is 1. The fourth-order valence-electron chi connectivity index (χ4n) is 2.01. The molecule has 2 rings (SSSR count). The number of nitrogens with zero attached hydrogens (tertiary/aromatic N) is 2. The Morgan fingerprint density at radius 2 is 1.13 bits per heavy atom. The van der Waals surface area contributed by atoms with Crippen molar-refractivity contribution >= 4 is 81.2 Å². The van der Waals surface area contributed by atoms with Gasteiger partial charge in [-0.3, -0.25) is 0 Å². The molecule has 0 bridgehead atoms. The lowest BCUT2D eigenvalue weighted by molar-refractivity contribution is 1.19. The van der Waals surface area contributed by atoms with E-state index in [1.54, 1.807) is 6.92 Å². The van der Waals surface area contributed by atoms with E-state index in [0.29, 0.717) is 5.56 Å². The third-order valence-corrected chi connectivity index (χ3v) is 4.98. The lowest BCUT2D eigenvalue weighted by atomic mass is 10.0. The van der Waals surface area contributed by atoms with Crippen LogP contribution in [0.1, 0.15) is 40.2 Å². The molecule has 0 amide bonds. The van der Waals surface area contributed by atoms with E-state index < -0.39 is 7.59 Å². The van der Waals surface area contributed by atoms with Crippen molar-refractivity contribution in [1.82, 2.24) is 0 Å². The second kappa shape index (κ2) is 14.4. The molecule has 0 unspecified atom stereocenters. The number of alkyl halides is 6. The quantitative estimate of drug-likeness (QED) is 0.209. The van der Waals surface area contributed by atoms with Crippen molar-refractivity contribution in [1.29, 1.82) is 0 Å². The minimum Gasteiger partial charge on any atom is -0.233 e. The predicted octanol–water partition coefficient (Wildman–Crippen LogP) is 9.87. The van der Waals surface area contributed by atoms with Crippen molar-refractivity contribution in [2.45, 2.75) is 42.2 Å². The molecule has 0 fully saturated rings. The third kappa shape index (κ3) is 10.6. The SMILES string of the molecule is C=C(N=C(N=C(C)C(Cl)(Cl)Cl)c1ccc(-c2ccccc2)cc1)C(Cl)(Cl)Cl.CC.CC. The smallest absolute Gasteiger partial charge is 0.232 e. The summed E-state index contributed by atoms with van der Waals surface area (Å²) in [5, 5.41) is 0. The third-order valence-electron chi connectivity index (χ3n) is 3.50. The maximum absolute atomic E-state index is 5.89. The molecule has 0 spiro atoms. The molecule has 2 aromatic carbocycles. The van der Waals surface area contributed by atoms with Crippen LogP contribution in [-0.4, -0.2) is 19.1 Å². The molecule has 0 N–H and O–H groups in total. The maximum atomic E-state index is 5.89. The average Bonchev–Trinajstić information content (AvgIpc) is 2.75. The predicted molar refractivity (Wildman–Crippen MR) is 144 cm³/mol. The summed E-state index contributed by atoms with van der Waals surface area (Å²) in [7, 11) is 0. The summed E-state index contributed by atoms with van der Waals surface area (Å²) in [6.45, 7) is 13.2. The van der Waals surface area contributed by atoms with Gasteiger partial charge < -0.3 is 0 Å². The summed E-state index contributed by atoms with van der Waals surface area (Å²) in [5.41, 5.74) is 2.97. The Kier molecular flexibility index (Phi) is 14.1. The van der Waals surface area contributed by atoms with Crippen LogP contribution in [-0.2, 0) is 0 Å². The molecule has 170 valence electrons. The van der Waals surface area contributed by atoms with E-state index in [1.165, 1.54) is 0 Å². The second-order valence-electron chi connectivity index (χ2n) is 5.52. The highest BCUT2D eigenvalue weighted by Crippen LogP contribution is 2.35. The molecular weight excluding hydrogens is 517 g/mol. The van der Waals surface area contributed by atoms with Gasteiger partial charge in [0.05, 0.1) is 11.4 Å². The van der Waals surface area contributed by atoms with E-state index in [1.807, 2.05) is 82.3 Å². The Hall–Kier alpha value is -0.740. The molecule has 0 atom stereocenters. The van der Waals surface area contributed by atoms with Crippen molar-refractivity contribution in [2.75, 3.05) is 0 Å². The first-order valence-electron chi connectivity index (χ1n) is 9.61. The lowest BCUT2D eigenvalue weighted by Crippen LogP contribution is -2.18. The van der Waals surface area contributed by atoms with Crippen molar-refractivity contribution in [2.24, 2.45) is 9.98 Å². The molecule has 0 saturated heterocycles. The van der Waals surface area contributed by atoms with E-state index in [-0.39, 0.29) is 17.2 Å². The Bertz CT molecular complexity index is 862. The van der Waals surface area contributed by atoms with E-state index in [2.05, 4.69) is 16.6 Å². The maximum Gasteiger partial charge on any atom is 0.232 e. The van der Waals surface area contributed by atoms with E-state index in [0.717, 1.165) is 11.1 Å². The first kappa shape index (κ1) is 30.3. The molecule has 0 aliphatic heterocycles. The molecule has 0 radical (unpaired) electrons. The van der Waals surface area contributed by atoms with Crippen LogP contribution in [0.5, 0.6) is 0 Å². The first-order valence-corrected chi connectivity index (χ1v) is 11.9. The van der Waals surface area contributed by atoms with Gasteiger partial charge in [-0.2, -0.15) is 0 Å². The molecule has 0 aromatic heterocycles. The van der Waals surface area contributed by atoms with Crippen LogP contribution >= 0.6 is 69.6 Å². The summed E-state index contributed by atoms with van der Waals surface area (Å²) in [5.74, 6) is 0.217. The topological polar surface area (TPSA) is 24.7 Å². The molecular formula is C23H26Cl6N2. The number of aliphatic imine (C=N–C) groups is 2. The van der Waals surface area contributed by atoms with Crippen LogP contribution in [0.4, 0.5) is 0 Å². The average molecular weight is 543 g/mol. The van der Waals surface area contributed by atoms with E-state index in [9.17, 15) is 0 Å². The summed E-state index contributed by atoms with van der Waals surface area (Å²) in [6, 6.07) is 17.4. The van der Waals surface area contributed by atoms with Gasteiger partial charge >= 0.3 is 0 Å². The van der Waals surface area contributed by atoms with Gasteiger partial charge in [-0.05, 0) is 18.1 Å². The lowest BCUT2D eigenvalue weighted by Gasteiger charge is -2.14. The zero-order valence-corrected chi connectivity index (χ0v) is 22.6. The number of amidine groups is 1. The van der Waals surface area contributed by atoms with Gasteiger partial charge in [0.25, 0.3) is 0 Å². The normalized spacial score (nSPS) is 12.2. The van der Waals surface area contributed by atoms with Gasteiger partial charge in [-0.1, -0.05) is 158 Å². The number of hydrogen-bond donors (Lipinski definition) is 0. The monoisotopic (exact) mass is 540 g/mol. The van der Waals surface area contributed by atoms with E-state index in [4.69, 9.17) is 69.6 Å². The highest BCUT2D eigenvalue weighted by molar-refractivity contribution is 6.76. The van der Waals surface area contributed by atoms with Crippen molar-refractivity contribution in [3.63, 3.8) is 0 Å². The van der Waals surface area contributed by atoms with Crippen LogP contribution < -0.4 is 0 Å². The van der Waals surface area contributed by atoms with Gasteiger partial charge in [0.2, 0.25) is 7.59 Å². The zero-order chi connectivity index (χ0) is 24.2. The van der Waals surface area contributed by atoms with Crippen LogP contribution in [0, 0.1) is 0 Å². The summed E-state index contributed by atoms with van der Waals surface area (Å²) >= 11 is 35.2. The summed E-state index contributed by atoms with van der Waals surface area (Å²) in [6.07, 6.45) is 0. The molecule has 0 aliphatic rings. The van der Waals surface area contributed by atoms with Crippen molar-refractivity contribution < 1.29 is 0 Å². The van der Waals surface area contributed by atoms with Gasteiger partial charge in [0, 0.05) is 5.56 Å². The molecule has 0 heterocycles. The number of allylic oxidation sites excluding steroid dienone is 1. The Balaban J connectivity index is 0.00000212. The van der Waals surface area contributed by atoms with Crippen molar-refractivity contribution in [3.8, 4) is 11.1 Å². The molecule has 31 heavy (non-hydrogen) atoms. The summed E-state index contributed by atoms with van der Waals surface area (Å²) in [4.78, 5) is 8.54. The summed E-state index contributed by atoms with van der Waals surface area (Å²) < 4.78 is -3.47. The molecule has 0 saturated carbocycles. The fourth-order valence-corrected chi connectivity index (χ4v) is 2.26. The van der Waals surface area contributed by atoms with Crippen LogP contribution in [0.3, 0.4) is 0 Å². The standard InChI is InChI=1S/C19H14Cl6N2.2C2H6/c1-12(18(20,21)22)26-17(27-13(2)19(23,24)25)16-10-8-15(9-11-16)14-6-4-3-5-7-14;2*1-2/h3-11H,1H2,2H3;2*1-2H3. The van der Waals surface area contributed by atoms with Gasteiger partial charge in [0.1, 0.15) is 0 Å². The van der Waals surface area contributed by atoms with Gasteiger partial charge in [-0.25, -0.2) is 9.98 Å². The van der Waals surface area contributed by atoms with Gasteiger partial charge in [-0.15, -0.1) is 0 Å². The molecule has 0 aliphatic carbocycles. The number of halogens is 6. The molecule has 2 aromatic rings. The molecule has 2 nitrogen and oxygen atoms in total. The number of benzene rings is 2. The Morgan fingerprint density at radius 3 is 1.55 bits per heavy atom. The Morgan fingerprint density at radius 1 is 0.677 bits per heavy atom. The highest BCUT2D eigenvalue weighted by atomic mass is 35.6. The van der Waals surface area contributed by atoms with Gasteiger partial charge in [0.15, 0.2) is 5.84 Å². The first-order chi connectivity index (χ1) is 14.5. The minimum atomic E-state index is -1.78. The molecule has 8 heteroatoms. The van der Waals surface area contributed by atoms with Crippen LogP contribution in [0.25, 0.3) is 11.1 Å². The van der Waals surface area contributed by atoms with Crippen molar-refractivity contribution in [3.05, 3.63) is 72.4 Å². The highest BCUT2D eigenvalue weighted by Gasteiger charge is 2.27. The fraction of sp³-hybridized carbons (Fsp3) is 0.304. The second-order valence-corrected chi connectivity index (χ2v) is 10.1. The number of rotatable bonds is 3. The zero-order valence-electron chi connectivity index (χ0n) is 18.1. The minimum absolute atomic E-state index is 0.00416. The van der Waals surface area contributed by atoms with E-state index >= 15 is 0 Å². The van der Waals surface area contributed by atoms with Crippen LogP contribution in [0.2, 0.25) is 0 Å². The largest absolute Gasteiger partial charge is 0.233 e.